The van der Waals surface area contributed by atoms with E-state index < -0.39 is 24.9 Å². The average molecular weight is 312 g/mol. The fraction of sp³-hybridized carbons (Fsp3) is 1.00. The molecule has 19 heavy (non-hydrogen) atoms. The van der Waals surface area contributed by atoms with Crippen molar-refractivity contribution in [3.63, 3.8) is 0 Å². The van der Waals surface area contributed by atoms with Gasteiger partial charge in [-0.15, -0.1) is 0 Å². The summed E-state index contributed by atoms with van der Waals surface area (Å²) in [6.45, 7) is 2.96. The maximum Gasteiger partial charge on any atom is 0.228 e. The van der Waals surface area contributed by atoms with Crippen molar-refractivity contribution in [3.8, 4) is 0 Å². The molecule has 1 aliphatic rings. The molecule has 1 rings (SSSR count). The SMILES string of the molecule is CCNC1CCC(N(C)S(=O)(=O)CS(C)(=O)=O)CC1. The number of rotatable bonds is 6. The molecule has 0 unspecified atom stereocenters. The van der Waals surface area contributed by atoms with Crippen LogP contribution in [0.1, 0.15) is 32.6 Å². The lowest BCUT2D eigenvalue weighted by molar-refractivity contribution is 0.252. The molecule has 0 saturated heterocycles. The topological polar surface area (TPSA) is 83.6 Å². The molecule has 8 heteroatoms. The molecule has 0 heterocycles. The molecule has 1 N–H and O–H groups in total. The number of nitrogens with one attached hydrogen (secondary N) is 1. The average Bonchev–Trinajstić information content (AvgIpc) is 2.26. The molecular formula is C11H24N2O4S2. The first-order chi connectivity index (χ1) is 8.65. The molecule has 0 bridgehead atoms. The quantitative estimate of drug-likeness (QED) is 0.756. The van der Waals surface area contributed by atoms with Gasteiger partial charge in [-0.1, -0.05) is 6.92 Å². The minimum atomic E-state index is -3.72. The number of nitrogens with zero attached hydrogens (tertiary/aromatic N) is 1. The van der Waals surface area contributed by atoms with Crippen molar-refractivity contribution >= 4 is 19.9 Å². The van der Waals surface area contributed by atoms with Crippen molar-refractivity contribution < 1.29 is 16.8 Å². The van der Waals surface area contributed by atoms with Gasteiger partial charge >= 0.3 is 0 Å². The van der Waals surface area contributed by atoms with Gasteiger partial charge in [0.25, 0.3) is 0 Å². The second-order valence-electron chi connectivity index (χ2n) is 5.23. The second kappa shape index (κ2) is 6.51. The van der Waals surface area contributed by atoms with Crippen LogP contribution in [0, 0.1) is 0 Å². The van der Waals surface area contributed by atoms with E-state index in [2.05, 4.69) is 12.2 Å². The molecule has 1 fully saturated rings. The van der Waals surface area contributed by atoms with E-state index in [1.165, 1.54) is 11.4 Å². The fourth-order valence-corrected chi connectivity index (χ4v) is 6.01. The first-order valence-corrected chi connectivity index (χ1v) is 10.2. The van der Waals surface area contributed by atoms with E-state index in [4.69, 9.17) is 0 Å². The van der Waals surface area contributed by atoms with Crippen LogP contribution in [-0.4, -0.2) is 58.2 Å². The van der Waals surface area contributed by atoms with E-state index in [0.717, 1.165) is 38.5 Å². The normalized spacial score (nSPS) is 25.7. The number of sulfone groups is 1. The summed E-state index contributed by atoms with van der Waals surface area (Å²) < 4.78 is 47.5. The third-order valence-corrected chi connectivity index (χ3v) is 7.59. The van der Waals surface area contributed by atoms with Gasteiger partial charge in [0, 0.05) is 25.4 Å². The number of sulfonamides is 1. The molecule has 0 atom stereocenters. The van der Waals surface area contributed by atoms with E-state index >= 15 is 0 Å². The zero-order valence-corrected chi connectivity index (χ0v) is 13.4. The Morgan fingerprint density at radius 3 is 2.05 bits per heavy atom. The smallest absolute Gasteiger partial charge is 0.228 e. The predicted molar refractivity (Wildman–Crippen MR) is 76.1 cm³/mol. The van der Waals surface area contributed by atoms with Crippen molar-refractivity contribution in [2.24, 2.45) is 0 Å². The van der Waals surface area contributed by atoms with Gasteiger partial charge in [0.2, 0.25) is 10.0 Å². The molecular weight excluding hydrogens is 288 g/mol. The monoisotopic (exact) mass is 312 g/mol. The Kier molecular flexibility index (Phi) is 5.78. The van der Waals surface area contributed by atoms with Gasteiger partial charge < -0.3 is 5.32 Å². The Hall–Kier alpha value is -0.180. The number of hydrogen-bond donors (Lipinski definition) is 1. The molecule has 114 valence electrons. The Bertz CT molecular complexity index is 479. The van der Waals surface area contributed by atoms with E-state index in [0.29, 0.717) is 6.04 Å². The van der Waals surface area contributed by atoms with E-state index in [1.807, 2.05) is 0 Å². The Balaban J connectivity index is 2.62. The first kappa shape index (κ1) is 16.9. The first-order valence-electron chi connectivity index (χ1n) is 6.52. The number of hydrogen-bond acceptors (Lipinski definition) is 5. The predicted octanol–water partition coefficient (Wildman–Crippen LogP) is 0.171. The minimum absolute atomic E-state index is 0.0818. The van der Waals surface area contributed by atoms with Gasteiger partial charge in [-0.05, 0) is 32.2 Å². The fourth-order valence-electron chi connectivity index (χ4n) is 2.51. The van der Waals surface area contributed by atoms with E-state index in [1.54, 1.807) is 0 Å². The second-order valence-corrected chi connectivity index (χ2v) is 9.77. The minimum Gasteiger partial charge on any atom is -0.314 e. The molecule has 1 saturated carbocycles. The summed E-state index contributed by atoms with van der Waals surface area (Å²) >= 11 is 0. The van der Waals surface area contributed by atoms with Gasteiger partial charge in [0.15, 0.2) is 14.9 Å². The van der Waals surface area contributed by atoms with Crippen LogP contribution in [0.3, 0.4) is 0 Å². The lowest BCUT2D eigenvalue weighted by Crippen LogP contribution is -2.44. The van der Waals surface area contributed by atoms with Crippen molar-refractivity contribution in [1.82, 2.24) is 9.62 Å². The Morgan fingerprint density at radius 2 is 1.63 bits per heavy atom. The molecule has 0 amide bonds. The highest BCUT2D eigenvalue weighted by atomic mass is 32.3. The largest absolute Gasteiger partial charge is 0.314 e. The highest BCUT2D eigenvalue weighted by Gasteiger charge is 2.32. The summed E-state index contributed by atoms with van der Waals surface area (Å²) in [5.41, 5.74) is 0. The zero-order chi connectivity index (χ0) is 14.7. The van der Waals surface area contributed by atoms with Crippen LogP contribution >= 0.6 is 0 Å². The van der Waals surface area contributed by atoms with Crippen LogP contribution in [0.4, 0.5) is 0 Å². The zero-order valence-electron chi connectivity index (χ0n) is 11.8. The molecule has 0 aromatic heterocycles. The van der Waals surface area contributed by atoms with Crippen molar-refractivity contribution in [2.75, 3.05) is 24.9 Å². The summed E-state index contributed by atoms with van der Waals surface area (Å²) in [5.74, 6) is 0. The lowest BCUT2D eigenvalue weighted by Gasteiger charge is -2.34. The van der Waals surface area contributed by atoms with Gasteiger partial charge in [0.05, 0.1) is 0 Å². The maximum atomic E-state index is 12.0. The molecule has 1 aliphatic carbocycles. The summed E-state index contributed by atoms with van der Waals surface area (Å²) in [7, 11) is -5.76. The van der Waals surface area contributed by atoms with E-state index in [9.17, 15) is 16.8 Å². The Labute approximate surface area is 116 Å². The third-order valence-electron chi connectivity index (χ3n) is 3.51. The highest BCUT2D eigenvalue weighted by molar-refractivity contribution is 8.06. The van der Waals surface area contributed by atoms with Crippen LogP contribution in [0.5, 0.6) is 0 Å². The van der Waals surface area contributed by atoms with Crippen molar-refractivity contribution in [1.29, 1.82) is 0 Å². The van der Waals surface area contributed by atoms with Crippen LogP contribution in [-0.2, 0) is 19.9 Å². The molecule has 0 aliphatic heterocycles. The molecule has 0 spiro atoms. The van der Waals surface area contributed by atoms with E-state index in [-0.39, 0.29) is 6.04 Å². The van der Waals surface area contributed by atoms with Crippen molar-refractivity contribution in [3.05, 3.63) is 0 Å². The molecule has 0 aromatic carbocycles. The van der Waals surface area contributed by atoms with Crippen LogP contribution < -0.4 is 5.32 Å². The highest BCUT2D eigenvalue weighted by Crippen LogP contribution is 2.24. The third kappa shape index (κ3) is 5.37. The molecule has 0 aromatic rings. The lowest BCUT2D eigenvalue weighted by atomic mass is 9.91. The summed E-state index contributed by atoms with van der Waals surface area (Å²) in [6.07, 6.45) is 4.35. The molecule has 0 radical (unpaired) electrons. The van der Waals surface area contributed by atoms with Gasteiger partial charge in [-0.2, -0.15) is 0 Å². The van der Waals surface area contributed by atoms with Gasteiger partial charge in [0.1, 0.15) is 0 Å². The summed E-state index contributed by atoms with van der Waals surface area (Å²) in [5, 5.41) is 2.56. The standard InChI is InChI=1S/C11H24N2O4S2/c1-4-12-10-5-7-11(8-6-10)13(2)19(16,17)9-18(3,14)15/h10-12H,4-9H2,1-3H3. The van der Waals surface area contributed by atoms with Crippen LogP contribution in [0.15, 0.2) is 0 Å². The summed E-state index contributed by atoms with van der Waals surface area (Å²) in [4.78, 5) is 0. The summed E-state index contributed by atoms with van der Waals surface area (Å²) in [6, 6.07) is 0.369. The van der Waals surface area contributed by atoms with Gasteiger partial charge in [-0.3, -0.25) is 0 Å². The van der Waals surface area contributed by atoms with Crippen LogP contribution in [0.25, 0.3) is 0 Å². The maximum absolute atomic E-state index is 12.0. The molecule has 6 nitrogen and oxygen atoms in total. The Morgan fingerprint density at radius 1 is 1.11 bits per heavy atom. The van der Waals surface area contributed by atoms with Crippen LogP contribution in [0.2, 0.25) is 0 Å². The van der Waals surface area contributed by atoms with Gasteiger partial charge in [-0.25, -0.2) is 21.1 Å². The van der Waals surface area contributed by atoms with Crippen molar-refractivity contribution in [2.45, 2.75) is 44.7 Å².